The van der Waals surface area contributed by atoms with Crippen LogP contribution >= 0.6 is 0 Å². The van der Waals surface area contributed by atoms with Gasteiger partial charge in [0.05, 0.1) is 11.9 Å². The van der Waals surface area contributed by atoms with E-state index in [4.69, 9.17) is 0 Å². The maximum absolute atomic E-state index is 14.4. The van der Waals surface area contributed by atoms with E-state index in [9.17, 15) is 22.4 Å². The summed E-state index contributed by atoms with van der Waals surface area (Å²) in [5.41, 5.74) is 2.74. The molecule has 2 amide bonds. The van der Waals surface area contributed by atoms with Crippen molar-refractivity contribution in [1.82, 2.24) is 10.2 Å². The summed E-state index contributed by atoms with van der Waals surface area (Å²) < 4.78 is 40.2. The van der Waals surface area contributed by atoms with Gasteiger partial charge in [-0.3, -0.25) is 13.9 Å². The lowest BCUT2D eigenvalue weighted by Gasteiger charge is -2.32. The molecule has 1 N–H and O–H groups in total. The standard InChI is InChI=1S/C29H34FN3O4S/c1-22-12-7-8-15-24(22)21-32(27(29(35)31-2)20-23-13-5-4-6-14-23)28(34)18-11-19-33(38(3,36)37)26-17-10-9-16-25(26)30/h4-10,12-17,27H,11,18-21H2,1-3H3,(H,31,35)/t27-/m1/s1. The number of hydrogen-bond acceptors (Lipinski definition) is 4. The lowest BCUT2D eigenvalue weighted by Crippen LogP contribution is -2.50. The lowest BCUT2D eigenvalue weighted by atomic mass is 10.0. The minimum Gasteiger partial charge on any atom is -0.357 e. The summed E-state index contributed by atoms with van der Waals surface area (Å²) in [6, 6.07) is 22.0. The average molecular weight is 540 g/mol. The van der Waals surface area contributed by atoms with E-state index in [1.165, 1.54) is 25.2 Å². The Morgan fingerprint density at radius 2 is 1.58 bits per heavy atom. The van der Waals surface area contributed by atoms with Gasteiger partial charge in [-0.2, -0.15) is 0 Å². The van der Waals surface area contributed by atoms with Crippen molar-refractivity contribution in [1.29, 1.82) is 0 Å². The summed E-state index contributed by atoms with van der Waals surface area (Å²) in [5.74, 6) is -1.24. The molecule has 0 radical (unpaired) electrons. The Kier molecular flexibility index (Phi) is 10.0. The molecule has 3 aromatic rings. The molecule has 0 saturated heterocycles. The first-order valence-electron chi connectivity index (χ1n) is 12.4. The molecule has 0 saturated carbocycles. The zero-order chi connectivity index (χ0) is 27.7. The predicted molar refractivity (Wildman–Crippen MR) is 148 cm³/mol. The number of benzene rings is 3. The van der Waals surface area contributed by atoms with Crippen molar-refractivity contribution in [2.45, 2.75) is 38.8 Å². The normalized spacial score (nSPS) is 12.0. The molecule has 7 nitrogen and oxygen atoms in total. The van der Waals surface area contributed by atoms with Crippen LogP contribution in [0.1, 0.15) is 29.5 Å². The fourth-order valence-electron chi connectivity index (χ4n) is 4.33. The van der Waals surface area contributed by atoms with Gasteiger partial charge in [-0.1, -0.05) is 66.7 Å². The van der Waals surface area contributed by atoms with E-state index >= 15 is 0 Å². The van der Waals surface area contributed by atoms with Gasteiger partial charge in [0.25, 0.3) is 0 Å². The number of nitrogens with zero attached hydrogens (tertiary/aromatic N) is 2. The van der Waals surface area contributed by atoms with Gasteiger partial charge >= 0.3 is 0 Å². The Bertz CT molecular complexity index is 1350. The molecule has 0 unspecified atom stereocenters. The summed E-state index contributed by atoms with van der Waals surface area (Å²) in [6.07, 6.45) is 1.46. The second-order valence-electron chi connectivity index (χ2n) is 9.16. The van der Waals surface area contributed by atoms with Crippen LogP contribution in [0.3, 0.4) is 0 Å². The number of carbonyl (C=O) groups excluding carboxylic acids is 2. The SMILES string of the molecule is CNC(=O)[C@@H](Cc1ccccc1)N(Cc1ccccc1C)C(=O)CCCN(c1ccccc1F)S(C)(=O)=O. The third kappa shape index (κ3) is 7.64. The van der Waals surface area contributed by atoms with Crippen molar-refractivity contribution in [3.63, 3.8) is 0 Å². The van der Waals surface area contributed by atoms with E-state index in [0.29, 0.717) is 6.42 Å². The number of sulfonamides is 1. The monoisotopic (exact) mass is 539 g/mol. The van der Waals surface area contributed by atoms with Gasteiger partial charge < -0.3 is 10.2 Å². The highest BCUT2D eigenvalue weighted by Gasteiger charge is 2.30. The van der Waals surface area contributed by atoms with Crippen LogP contribution in [0.15, 0.2) is 78.9 Å². The number of amides is 2. The van der Waals surface area contributed by atoms with Crippen molar-refractivity contribution in [3.05, 3.63) is 101 Å². The van der Waals surface area contributed by atoms with E-state index in [0.717, 1.165) is 27.3 Å². The summed E-state index contributed by atoms with van der Waals surface area (Å²) in [6.45, 7) is 2.09. The van der Waals surface area contributed by atoms with Crippen molar-refractivity contribution in [2.75, 3.05) is 24.2 Å². The Labute approximate surface area is 224 Å². The summed E-state index contributed by atoms with van der Waals surface area (Å²) >= 11 is 0. The maximum Gasteiger partial charge on any atom is 0.242 e. The fourth-order valence-corrected chi connectivity index (χ4v) is 5.29. The molecule has 3 rings (SSSR count). The fraction of sp³-hybridized carbons (Fsp3) is 0.310. The van der Waals surface area contributed by atoms with Crippen LogP contribution in [0.5, 0.6) is 0 Å². The highest BCUT2D eigenvalue weighted by molar-refractivity contribution is 7.92. The van der Waals surface area contributed by atoms with Crippen LogP contribution in [0.25, 0.3) is 0 Å². The third-order valence-electron chi connectivity index (χ3n) is 6.39. The molecule has 9 heteroatoms. The van der Waals surface area contributed by atoms with E-state index in [1.54, 1.807) is 11.0 Å². The highest BCUT2D eigenvalue weighted by atomic mass is 32.2. The molecule has 0 aromatic heterocycles. The zero-order valence-electron chi connectivity index (χ0n) is 21.9. The molecule has 0 aliphatic rings. The molecule has 0 fully saturated rings. The quantitative estimate of drug-likeness (QED) is 0.376. The number of aryl methyl sites for hydroxylation is 1. The number of halogens is 1. The smallest absolute Gasteiger partial charge is 0.242 e. The van der Waals surface area contributed by atoms with Crippen LogP contribution in [0.4, 0.5) is 10.1 Å². The van der Waals surface area contributed by atoms with Crippen LogP contribution in [0, 0.1) is 12.7 Å². The zero-order valence-corrected chi connectivity index (χ0v) is 22.7. The molecule has 202 valence electrons. The predicted octanol–water partition coefficient (Wildman–Crippen LogP) is 4.07. The first-order valence-corrected chi connectivity index (χ1v) is 14.3. The lowest BCUT2D eigenvalue weighted by molar-refractivity contribution is -0.141. The average Bonchev–Trinajstić information content (AvgIpc) is 2.89. The van der Waals surface area contributed by atoms with Gasteiger partial charge in [-0.05, 0) is 42.2 Å². The first-order chi connectivity index (χ1) is 18.1. The topological polar surface area (TPSA) is 86.8 Å². The van der Waals surface area contributed by atoms with Crippen molar-refractivity contribution in [3.8, 4) is 0 Å². The molecule has 0 bridgehead atoms. The molecule has 3 aromatic carbocycles. The number of carbonyl (C=O) groups is 2. The second-order valence-corrected chi connectivity index (χ2v) is 11.1. The molecular formula is C29H34FN3O4S. The molecule has 0 spiro atoms. The first kappa shape index (κ1) is 28.8. The second kappa shape index (κ2) is 13.2. The number of likely N-dealkylation sites (N-methyl/N-ethyl adjacent to an activating group) is 1. The van der Waals surface area contributed by atoms with Crippen LogP contribution in [-0.4, -0.2) is 51.0 Å². The molecule has 0 heterocycles. The maximum atomic E-state index is 14.4. The number of anilines is 1. The summed E-state index contributed by atoms with van der Waals surface area (Å²) in [4.78, 5) is 28.2. The Hall–Kier alpha value is -3.72. The van der Waals surface area contributed by atoms with Crippen LogP contribution < -0.4 is 9.62 Å². The van der Waals surface area contributed by atoms with Crippen molar-refractivity contribution in [2.24, 2.45) is 0 Å². The van der Waals surface area contributed by atoms with Crippen LogP contribution in [0.2, 0.25) is 0 Å². The molecule has 1 atom stereocenters. The van der Waals surface area contributed by atoms with Gasteiger partial charge in [0.1, 0.15) is 11.9 Å². The van der Waals surface area contributed by atoms with E-state index < -0.39 is 21.9 Å². The van der Waals surface area contributed by atoms with Crippen molar-refractivity contribution >= 4 is 27.5 Å². The number of hydrogen-bond donors (Lipinski definition) is 1. The minimum atomic E-state index is -3.78. The van der Waals surface area contributed by atoms with Gasteiger partial charge in [0, 0.05) is 33.0 Å². The van der Waals surface area contributed by atoms with Crippen molar-refractivity contribution < 1.29 is 22.4 Å². The van der Waals surface area contributed by atoms with Gasteiger partial charge in [0.2, 0.25) is 21.8 Å². The van der Waals surface area contributed by atoms with E-state index in [2.05, 4.69) is 5.32 Å². The summed E-state index contributed by atoms with van der Waals surface area (Å²) in [5, 5.41) is 2.68. The van der Waals surface area contributed by atoms with E-state index in [1.807, 2.05) is 61.5 Å². The van der Waals surface area contributed by atoms with Gasteiger partial charge in [-0.25, -0.2) is 12.8 Å². The molecule has 38 heavy (non-hydrogen) atoms. The van der Waals surface area contributed by atoms with E-state index in [-0.39, 0.29) is 43.4 Å². The Balaban J connectivity index is 1.86. The Morgan fingerprint density at radius 3 is 2.21 bits per heavy atom. The minimum absolute atomic E-state index is 0.0192. The highest BCUT2D eigenvalue weighted by Crippen LogP contribution is 2.23. The molecule has 0 aliphatic carbocycles. The molecule has 0 aliphatic heterocycles. The van der Waals surface area contributed by atoms with Crippen LogP contribution in [-0.2, 0) is 32.6 Å². The Morgan fingerprint density at radius 1 is 0.947 bits per heavy atom. The number of para-hydroxylation sites is 1. The number of rotatable bonds is 12. The third-order valence-corrected chi connectivity index (χ3v) is 7.57. The largest absolute Gasteiger partial charge is 0.357 e. The summed E-state index contributed by atoms with van der Waals surface area (Å²) in [7, 11) is -2.25. The number of nitrogens with one attached hydrogen (secondary N) is 1. The van der Waals surface area contributed by atoms with Gasteiger partial charge in [0.15, 0.2) is 0 Å². The molecular weight excluding hydrogens is 505 g/mol. The van der Waals surface area contributed by atoms with Gasteiger partial charge in [-0.15, -0.1) is 0 Å².